The first-order valence-corrected chi connectivity index (χ1v) is 8.33. The minimum Gasteiger partial charge on any atom is -0.348 e. The molecule has 2 aromatic heterocycles. The molecule has 1 amide bonds. The van der Waals surface area contributed by atoms with Crippen LogP contribution in [0.25, 0.3) is 0 Å². The second kappa shape index (κ2) is 7.12. The lowest BCUT2D eigenvalue weighted by Gasteiger charge is -2.26. The largest absolute Gasteiger partial charge is 0.348 e. The molecule has 1 N–H and O–H groups in total. The zero-order valence-electron chi connectivity index (χ0n) is 14.4. The number of amides is 1. The lowest BCUT2D eigenvalue weighted by Crippen LogP contribution is -2.40. The lowest BCUT2D eigenvalue weighted by molar-refractivity contribution is -0.131. The van der Waals surface area contributed by atoms with Gasteiger partial charge in [-0.3, -0.25) is 9.69 Å². The Morgan fingerprint density at radius 2 is 2.38 bits per heavy atom. The predicted octanol–water partition coefficient (Wildman–Crippen LogP) is 1.54. The van der Waals surface area contributed by atoms with Crippen molar-refractivity contribution in [3.05, 3.63) is 29.9 Å². The average Bonchev–Trinajstić information content (AvgIpc) is 3.26. The van der Waals surface area contributed by atoms with Crippen LogP contribution in [0.1, 0.15) is 50.6 Å². The van der Waals surface area contributed by atoms with Gasteiger partial charge in [-0.1, -0.05) is 19.0 Å². The second-order valence-corrected chi connectivity index (χ2v) is 6.56. The fraction of sp³-hybridized carbons (Fsp3) is 0.625. The molecule has 0 radical (unpaired) electrons. The molecule has 3 heterocycles. The second-order valence-electron chi connectivity index (χ2n) is 6.56. The normalized spacial score (nSPS) is 18.4. The third kappa shape index (κ3) is 3.81. The molecule has 8 heteroatoms. The van der Waals surface area contributed by atoms with E-state index in [2.05, 4.69) is 25.0 Å². The summed E-state index contributed by atoms with van der Waals surface area (Å²) >= 11 is 0. The van der Waals surface area contributed by atoms with Gasteiger partial charge in [-0.15, -0.1) is 0 Å². The number of hydrogen-bond acceptors (Lipinski definition) is 6. The summed E-state index contributed by atoms with van der Waals surface area (Å²) in [7, 11) is 0. The number of H-pyrrole nitrogens is 1. The number of imidazole rings is 1. The summed E-state index contributed by atoms with van der Waals surface area (Å²) in [5.74, 6) is 2.35. The quantitative estimate of drug-likeness (QED) is 0.863. The molecule has 1 atom stereocenters. The fourth-order valence-electron chi connectivity index (χ4n) is 3.02. The molecule has 1 saturated heterocycles. The van der Waals surface area contributed by atoms with Crippen LogP contribution in [-0.4, -0.2) is 54.9 Å². The van der Waals surface area contributed by atoms with E-state index in [4.69, 9.17) is 4.52 Å². The molecular formula is C16H24N6O2. The van der Waals surface area contributed by atoms with E-state index in [-0.39, 0.29) is 17.9 Å². The Morgan fingerprint density at radius 1 is 1.54 bits per heavy atom. The highest BCUT2D eigenvalue weighted by Gasteiger charge is 2.30. The summed E-state index contributed by atoms with van der Waals surface area (Å²) in [5, 5.41) is 4.00. The Bertz CT molecular complexity index is 666. The fourth-order valence-corrected chi connectivity index (χ4v) is 3.02. The SMILES string of the molecule is CC(=O)N(Cc1noc(C(C)C)n1)[C@H]1CCN(Cc2ncc[nH]2)C1. The van der Waals surface area contributed by atoms with Gasteiger partial charge >= 0.3 is 0 Å². The van der Waals surface area contributed by atoms with E-state index in [1.54, 1.807) is 13.1 Å². The van der Waals surface area contributed by atoms with Crippen LogP contribution < -0.4 is 0 Å². The number of hydrogen-bond donors (Lipinski definition) is 1. The Morgan fingerprint density at radius 3 is 3.00 bits per heavy atom. The first-order valence-electron chi connectivity index (χ1n) is 8.33. The molecule has 1 fully saturated rings. The summed E-state index contributed by atoms with van der Waals surface area (Å²) in [5.41, 5.74) is 0. The molecule has 130 valence electrons. The van der Waals surface area contributed by atoms with Crippen molar-refractivity contribution in [2.45, 2.75) is 52.2 Å². The number of aromatic nitrogens is 4. The van der Waals surface area contributed by atoms with Crippen molar-refractivity contribution in [2.24, 2.45) is 0 Å². The van der Waals surface area contributed by atoms with E-state index in [1.807, 2.05) is 24.9 Å². The third-order valence-electron chi connectivity index (χ3n) is 4.31. The van der Waals surface area contributed by atoms with Crippen LogP contribution >= 0.6 is 0 Å². The van der Waals surface area contributed by atoms with E-state index >= 15 is 0 Å². The van der Waals surface area contributed by atoms with Gasteiger partial charge in [0.25, 0.3) is 0 Å². The van der Waals surface area contributed by atoms with Gasteiger partial charge in [0.1, 0.15) is 5.82 Å². The Kier molecular flexibility index (Phi) is 4.94. The number of carbonyl (C=O) groups excluding carboxylic acids is 1. The van der Waals surface area contributed by atoms with Crippen LogP contribution in [0.5, 0.6) is 0 Å². The minimum absolute atomic E-state index is 0.0377. The van der Waals surface area contributed by atoms with E-state index in [1.165, 1.54) is 0 Å². The number of likely N-dealkylation sites (tertiary alicyclic amines) is 1. The van der Waals surface area contributed by atoms with Gasteiger partial charge in [-0.25, -0.2) is 4.98 Å². The molecule has 3 rings (SSSR count). The highest BCUT2D eigenvalue weighted by atomic mass is 16.5. The summed E-state index contributed by atoms with van der Waals surface area (Å²) in [6.07, 6.45) is 4.52. The van der Waals surface area contributed by atoms with E-state index < -0.39 is 0 Å². The van der Waals surface area contributed by atoms with Crippen LogP contribution in [-0.2, 0) is 17.9 Å². The number of rotatable bonds is 6. The van der Waals surface area contributed by atoms with Crippen LogP contribution in [0, 0.1) is 0 Å². The standard InChI is InChI=1S/C16H24N6O2/c1-11(2)16-19-15(20-24-16)10-22(12(3)23)13-4-7-21(8-13)9-14-17-5-6-18-14/h5-6,11,13H,4,7-10H2,1-3H3,(H,17,18)/t13-/m0/s1. The van der Waals surface area contributed by atoms with Crippen molar-refractivity contribution < 1.29 is 9.32 Å². The van der Waals surface area contributed by atoms with Crippen LogP contribution in [0.4, 0.5) is 0 Å². The number of nitrogens with one attached hydrogen (secondary N) is 1. The minimum atomic E-state index is 0.0377. The van der Waals surface area contributed by atoms with Gasteiger partial charge in [-0.2, -0.15) is 4.98 Å². The highest BCUT2D eigenvalue weighted by molar-refractivity contribution is 5.73. The molecule has 0 bridgehead atoms. The molecule has 1 aliphatic rings. The molecular weight excluding hydrogens is 308 g/mol. The Hall–Kier alpha value is -2.22. The van der Waals surface area contributed by atoms with Gasteiger partial charge in [0.05, 0.1) is 13.1 Å². The Labute approximate surface area is 141 Å². The van der Waals surface area contributed by atoms with Gasteiger partial charge in [0.2, 0.25) is 11.8 Å². The topological polar surface area (TPSA) is 91.2 Å². The first-order chi connectivity index (χ1) is 11.5. The smallest absolute Gasteiger partial charge is 0.229 e. The van der Waals surface area contributed by atoms with E-state index in [9.17, 15) is 4.79 Å². The predicted molar refractivity (Wildman–Crippen MR) is 86.9 cm³/mol. The summed E-state index contributed by atoms with van der Waals surface area (Å²) in [4.78, 5) is 28.0. The molecule has 8 nitrogen and oxygen atoms in total. The van der Waals surface area contributed by atoms with Gasteiger partial charge in [0, 0.05) is 44.4 Å². The number of nitrogens with zero attached hydrogens (tertiary/aromatic N) is 5. The van der Waals surface area contributed by atoms with Crippen LogP contribution in [0.3, 0.4) is 0 Å². The van der Waals surface area contributed by atoms with Crippen molar-refractivity contribution in [2.75, 3.05) is 13.1 Å². The van der Waals surface area contributed by atoms with E-state index in [0.717, 1.165) is 31.9 Å². The molecule has 0 unspecified atom stereocenters. The average molecular weight is 332 g/mol. The maximum Gasteiger partial charge on any atom is 0.229 e. The first kappa shape index (κ1) is 16.6. The molecule has 0 spiro atoms. The van der Waals surface area contributed by atoms with Crippen LogP contribution in [0.15, 0.2) is 16.9 Å². The van der Waals surface area contributed by atoms with E-state index in [0.29, 0.717) is 18.3 Å². The van der Waals surface area contributed by atoms with Crippen molar-refractivity contribution in [3.63, 3.8) is 0 Å². The van der Waals surface area contributed by atoms with Gasteiger partial charge in [-0.05, 0) is 6.42 Å². The molecule has 0 saturated carbocycles. The molecule has 24 heavy (non-hydrogen) atoms. The maximum atomic E-state index is 12.1. The monoisotopic (exact) mass is 332 g/mol. The maximum absolute atomic E-state index is 12.1. The summed E-state index contributed by atoms with van der Waals surface area (Å²) in [6.45, 7) is 8.54. The molecule has 1 aliphatic heterocycles. The van der Waals surface area contributed by atoms with Crippen molar-refractivity contribution in [1.82, 2.24) is 29.9 Å². The molecule has 0 aliphatic carbocycles. The Balaban J connectivity index is 1.62. The molecule has 0 aromatic carbocycles. The molecule has 2 aromatic rings. The van der Waals surface area contributed by atoms with Crippen molar-refractivity contribution in [3.8, 4) is 0 Å². The van der Waals surface area contributed by atoms with Crippen LogP contribution in [0.2, 0.25) is 0 Å². The number of carbonyl (C=O) groups is 1. The number of aromatic amines is 1. The highest BCUT2D eigenvalue weighted by Crippen LogP contribution is 2.20. The summed E-state index contributed by atoms with van der Waals surface area (Å²) in [6, 6.07) is 0.165. The zero-order chi connectivity index (χ0) is 17.1. The van der Waals surface area contributed by atoms with Gasteiger partial charge in [0.15, 0.2) is 5.82 Å². The summed E-state index contributed by atoms with van der Waals surface area (Å²) < 4.78 is 5.24. The van der Waals surface area contributed by atoms with Gasteiger partial charge < -0.3 is 14.4 Å². The third-order valence-corrected chi connectivity index (χ3v) is 4.31. The van der Waals surface area contributed by atoms with Crippen molar-refractivity contribution in [1.29, 1.82) is 0 Å². The zero-order valence-corrected chi connectivity index (χ0v) is 14.4. The van der Waals surface area contributed by atoms with Crippen molar-refractivity contribution >= 4 is 5.91 Å². The lowest BCUT2D eigenvalue weighted by atomic mass is 10.2.